The van der Waals surface area contributed by atoms with Gasteiger partial charge in [-0.3, -0.25) is 4.79 Å². The molecule has 1 aliphatic carbocycles. The third kappa shape index (κ3) is 4.02. The highest BCUT2D eigenvalue weighted by Gasteiger charge is 2.19. The Labute approximate surface area is 142 Å². The van der Waals surface area contributed by atoms with Crippen LogP contribution in [-0.2, 0) is 0 Å². The molecule has 0 saturated heterocycles. The molecular weight excluding hydrogens is 300 g/mol. The minimum absolute atomic E-state index is 0.202. The average molecular weight is 322 g/mol. The van der Waals surface area contributed by atoms with Crippen LogP contribution >= 0.6 is 0 Å². The number of carbonyl (C=O) groups excluding carboxylic acids is 1. The number of benzene rings is 2. The van der Waals surface area contributed by atoms with E-state index < -0.39 is 0 Å². The van der Waals surface area contributed by atoms with Gasteiger partial charge in [-0.2, -0.15) is 5.10 Å². The molecule has 1 saturated carbocycles. The lowest BCUT2D eigenvalue weighted by atomic mass is 9.83. The molecule has 0 aromatic heterocycles. The van der Waals surface area contributed by atoms with Crippen LogP contribution in [0.3, 0.4) is 0 Å². The van der Waals surface area contributed by atoms with Gasteiger partial charge in [0.05, 0.1) is 7.11 Å². The first-order valence-corrected chi connectivity index (χ1v) is 8.31. The third-order valence-electron chi connectivity index (χ3n) is 4.48. The van der Waals surface area contributed by atoms with Crippen molar-refractivity contribution >= 4 is 11.6 Å². The molecule has 1 amide bonds. The lowest BCUT2D eigenvalue weighted by Gasteiger charge is -2.23. The lowest BCUT2D eigenvalue weighted by molar-refractivity contribution is 0.0954. The van der Waals surface area contributed by atoms with E-state index in [4.69, 9.17) is 4.74 Å². The summed E-state index contributed by atoms with van der Waals surface area (Å²) in [6.07, 6.45) is 4.02. The minimum atomic E-state index is -0.202. The maximum atomic E-state index is 12.2. The quantitative estimate of drug-likeness (QED) is 0.860. The van der Waals surface area contributed by atoms with Crippen molar-refractivity contribution in [2.45, 2.75) is 31.6 Å². The van der Waals surface area contributed by atoms with Crippen molar-refractivity contribution in [1.29, 1.82) is 0 Å². The molecule has 0 heterocycles. The van der Waals surface area contributed by atoms with Crippen molar-refractivity contribution in [1.82, 2.24) is 5.43 Å². The standard InChI is InChI=1S/C20H22N2O2/c1-24-19-9-5-8-17(14-19)20(23)22-21-18-12-10-16(11-13-18)15-6-3-2-4-7-15/h2-9,14,16H,10-13H2,1H3,(H,22,23). The zero-order valence-electron chi connectivity index (χ0n) is 13.9. The number of hydrogen-bond acceptors (Lipinski definition) is 3. The number of nitrogens with one attached hydrogen (secondary N) is 1. The van der Waals surface area contributed by atoms with Gasteiger partial charge in [-0.1, -0.05) is 36.4 Å². The number of hydrogen-bond donors (Lipinski definition) is 1. The fourth-order valence-electron chi connectivity index (χ4n) is 3.08. The molecule has 1 N–H and O–H groups in total. The van der Waals surface area contributed by atoms with E-state index in [2.05, 4.69) is 34.8 Å². The van der Waals surface area contributed by atoms with Gasteiger partial charge in [0.25, 0.3) is 5.91 Å². The van der Waals surface area contributed by atoms with Crippen LogP contribution in [0.25, 0.3) is 0 Å². The molecule has 3 rings (SSSR count). The number of ether oxygens (including phenoxy) is 1. The summed E-state index contributed by atoms with van der Waals surface area (Å²) in [7, 11) is 1.59. The molecule has 0 bridgehead atoms. The number of rotatable bonds is 4. The van der Waals surface area contributed by atoms with Crippen molar-refractivity contribution in [3.63, 3.8) is 0 Å². The Hall–Kier alpha value is -2.62. The van der Waals surface area contributed by atoms with E-state index in [1.807, 2.05) is 12.1 Å². The Morgan fingerprint density at radius 2 is 1.83 bits per heavy atom. The molecule has 1 fully saturated rings. The lowest BCUT2D eigenvalue weighted by Crippen LogP contribution is -2.22. The maximum absolute atomic E-state index is 12.2. The Morgan fingerprint density at radius 1 is 1.08 bits per heavy atom. The van der Waals surface area contributed by atoms with Crippen molar-refractivity contribution in [3.05, 3.63) is 65.7 Å². The van der Waals surface area contributed by atoms with Gasteiger partial charge >= 0.3 is 0 Å². The number of amides is 1. The summed E-state index contributed by atoms with van der Waals surface area (Å²) in [6, 6.07) is 17.7. The fraction of sp³-hybridized carbons (Fsp3) is 0.300. The van der Waals surface area contributed by atoms with Crippen LogP contribution in [0.5, 0.6) is 5.75 Å². The van der Waals surface area contributed by atoms with Crippen molar-refractivity contribution in [3.8, 4) is 5.75 Å². The van der Waals surface area contributed by atoms with Crippen LogP contribution in [0, 0.1) is 0 Å². The van der Waals surface area contributed by atoms with Crippen LogP contribution < -0.4 is 10.2 Å². The van der Waals surface area contributed by atoms with E-state index in [-0.39, 0.29) is 5.91 Å². The Bertz CT molecular complexity index is 715. The van der Waals surface area contributed by atoms with Gasteiger partial charge in [0.2, 0.25) is 0 Å². The largest absolute Gasteiger partial charge is 0.497 e. The smallest absolute Gasteiger partial charge is 0.271 e. The van der Waals surface area contributed by atoms with Gasteiger partial charge in [0, 0.05) is 11.3 Å². The zero-order chi connectivity index (χ0) is 16.8. The minimum Gasteiger partial charge on any atom is -0.497 e. The van der Waals surface area contributed by atoms with Gasteiger partial charge in [0.1, 0.15) is 5.75 Å². The Morgan fingerprint density at radius 3 is 2.54 bits per heavy atom. The van der Waals surface area contributed by atoms with E-state index in [1.54, 1.807) is 25.3 Å². The summed E-state index contributed by atoms with van der Waals surface area (Å²) in [5.41, 5.74) is 5.69. The predicted molar refractivity (Wildman–Crippen MR) is 95.5 cm³/mol. The molecule has 2 aromatic carbocycles. The zero-order valence-corrected chi connectivity index (χ0v) is 13.9. The molecule has 0 atom stereocenters. The van der Waals surface area contributed by atoms with E-state index in [0.29, 0.717) is 17.2 Å². The SMILES string of the molecule is COc1cccc(C(=O)NN=C2CCC(c3ccccc3)CC2)c1. The van der Waals surface area contributed by atoms with Gasteiger partial charge in [0.15, 0.2) is 0 Å². The van der Waals surface area contributed by atoms with Crippen LogP contribution in [0.15, 0.2) is 59.7 Å². The van der Waals surface area contributed by atoms with Crippen LogP contribution in [0.2, 0.25) is 0 Å². The number of nitrogens with zero attached hydrogens (tertiary/aromatic N) is 1. The average Bonchev–Trinajstić information content (AvgIpc) is 2.67. The number of hydrazone groups is 1. The van der Waals surface area contributed by atoms with Crippen LogP contribution in [-0.4, -0.2) is 18.7 Å². The fourth-order valence-corrected chi connectivity index (χ4v) is 3.08. The first kappa shape index (κ1) is 16.2. The first-order chi connectivity index (χ1) is 11.8. The molecule has 0 radical (unpaired) electrons. The number of carbonyl (C=O) groups is 1. The molecule has 0 aliphatic heterocycles. The van der Waals surface area contributed by atoms with Gasteiger partial charge < -0.3 is 4.74 Å². The molecule has 124 valence electrons. The van der Waals surface area contributed by atoms with Gasteiger partial charge in [-0.05, 0) is 55.4 Å². The summed E-state index contributed by atoms with van der Waals surface area (Å²) < 4.78 is 5.14. The van der Waals surface area contributed by atoms with Crippen molar-refractivity contribution in [2.75, 3.05) is 7.11 Å². The molecular formula is C20H22N2O2. The summed E-state index contributed by atoms with van der Waals surface area (Å²) in [6.45, 7) is 0. The summed E-state index contributed by atoms with van der Waals surface area (Å²) in [4.78, 5) is 12.2. The van der Waals surface area contributed by atoms with E-state index in [1.165, 1.54) is 5.56 Å². The maximum Gasteiger partial charge on any atom is 0.271 e. The van der Waals surface area contributed by atoms with Crippen molar-refractivity contribution < 1.29 is 9.53 Å². The van der Waals surface area contributed by atoms with Gasteiger partial charge in [-0.25, -0.2) is 5.43 Å². The number of methoxy groups -OCH3 is 1. The highest BCUT2D eigenvalue weighted by molar-refractivity contribution is 5.95. The monoisotopic (exact) mass is 322 g/mol. The van der Waals surface area contributed by atoms with Crippen molar-refractivity contribution in [2.24, 2.45) is 5.10 Å². The van der Waals surface area contributed by atoms with Crippen LogP contribution in [0.4, 0.5) is 0 Å². The molecule has 4 nitrogen and oxygen atoms in total. The second kappa shape index (κ2) is 7.77. The highest BCUT2D eigenvalue weighted by Crippen LogP contribution is 2.31. The van der Waals surface area contributed by atoms with E-state index in [9.17, 15) is 4.79 Å². The van der Waals surface area contributed by atoms with Gasteiger partial charge in [-0.15, -0.1) is 0 Å². The molecule has 0 spiro atoms. The second-order valence-corrected chi connectivity index (χ2v) is 6.04. The molecule has 2 aromatic rings. The van der Waals surface area contributed by atoms with E-state index >= 15 is 0 Å². The molecule has 0 unspecified atom stereocenters. The molecule has 24 heavy (non-hydrogen) atoms. The normalized spacial score (nSPS) is 17.2. The van der Waals surface area contributed by atoms with E-state index in [0.717, 1.165) is 31.4 Å². The molecule has 4 heteroatoms. The summed E-state index contributed by atoms with van der Waals surface area (Å²) >= 11 is 0. The predicted octanol–water partition coefficient (Wildman–Crippen LogP) is 4.14. The summed E-state index contributed by atoms with van der Waals surface area (Å²) in [5, 5.41) is 4.32. The highest BCUT2D eigenvalue weighted by atomic mass is 16.5. The molecule has 1 aliphatic rings. The Balaban J connectivity index is 1.55. The Kier molecular flexibility index (Phi) is 5.26. The second-order valence-electron chi connectivity index (χ2n) is 6.04. The first-order valence-electron chi connectivity index (χ1n) is 8.31. The topological polar surface area (TPSA) is 50.7 Å². The third-order valence-corrected chi connectivity index (χ3v) is 4.48. The van der Waals surface area contributed by atoms with Crippen LogP contribution in [0.1, 0.15) is 47.5 Å². The summed E-state index contributed by atoms with van der Waals surface area (Å²) in [5.74, 6) is 1.06.